The molecule has 9 heteroatoms. The van der Waals surface area contributed by atoms with E-state index >= 15 is 0 Å². The summed E-state index contributed by atoms with van der Waals surface area (Å²) in [5, 5.41) is 11.5. The number of rotatable bonds is 4. The monoisotopic (exact) mass is 393 g/mol. The van der Waals surface area contributed by atoms with Gasteiger partial charge in [0.2, 0.25) is 0 Å². The number of halogens is 1. The molecule has 3 unspecified atom stereocenters. The van der Waals surface area contributed by atoms with Crippen molar-refractivity contribution in [2.45, 2.75) is 31.8 Å². The van der Waals surface area contributed by atoms with Crippen molar-refractivity contribution in [1.82, 2.24) is 29.9 Å². The Morgan fingerprint density at radius 3 is 2.72 bits per heavy atom. The molecule has 5 rings (SSSR count). The van der Waals surface area contributed by atoms with Crippen molar-refractivity contribution in [3.63, 3.8) is 0 Å². The molecular formula is C20H20FN7O. The minimum Gasteiger partial charge on any atom is -0.364 e. The van der Waals surface area contributed by atoms with Gasteiger partial charge in [-0.05, 0) is 37.8 Å². The number of anilines is 1. The molecule has 2 aliphatic rings. The molecule has 3 atom stereocenters. The lowest BCUT2D eigenvalue weighted by molar-refractivity contribution is 0.0687. The van der Waals surface area contributed by atoms with Crippen LogP contribution in [0.5, 0.6) is 0 Å². The van der Waals surface area contributed by atoms with Crippen LogP contribution in [0.1, 0.15) is 28.9 Å². The van der Waals surface area contributed by atoms with Gasteiger partial charge < -0.3 is 10.2 Å². The molecule has 2 aromatic heterocycles. The summed E-state index contributed by atoms with van der Waals surface area (Å²) in [6, 6.07) is 4.55. The highest BCUT2D eigenvalue weighted by atomic mass is 19.1. The van der Waals surface area contributed by atoms with Crippen molar-refractivity contribution in [3.05, 3.63) is 60.1 Å². The van der Waals surface area contributed by atoms with E-state index in [0.717, 1.165) is 18.5 Å². The van der Waals surface area contributed by atoms with Gasteiger partial charge >= 0.3 is 0 Å². The lowest BCUT2D eigenvalue weighted by Gasteiger charge is -2.34. The summed E-state index contributed by atoms with van der Waals surface area (Å²) in [6.07, 6.45) is 8.26. The SMILES string of the molecule is Cc1cnc(NC2CC3CC2N(C(=O)c2c(F)cccc2-n2nccn2)C3)cn1. The topological polar surface area (TPSA) is 88.8 Å². The number of amides is 1. The number of aryl methyl sites for hydroxylation is 1. The molecular weight excluding hydrogens is 373 g/mol. The number of nitrogens with one attached hydrogen (secondary N) is 1. The first-order valence-electron chi connectivity index (χ1n) is 9.61. The number of fused-ring (bicyclic) bond motifs is 2. The molecule has 8 nitrogen and oxygen atoms in total. The Morgan fingerprint density at radius 2 is 2.00 bits per heavy atom. The van der Waals surface area contributed by atoms with E-state index < -0.39 is 5.82 Å². The molecule has 3 heterocycles. The first kappa shape index (κ1) is 17.7. The normalized spacial score (nSPS) is 22.8. The number of likely N-dealkylation sites (tertiary alicyclic amines) is 1. The Kier molecular flexibility index (Phi) is 4.22. The average Bonchev–Trinajstić information content (AvgIpc) is 3.46. The van der Waals surface area contributed by atoms with Gasteiger partial charge in [0.05, 0.1) is 36.5 Å². The van der Waals surface area contributed by atoms with E-state index in [9.17, 15) is 9.18 Å². The molecule has 148 valence electrons. The third-order valence-electron chi connectivity index (χ3n) is 5.70. The molecule has 2 bridgehead atoms. The van der Waals surface area contributed by atoms with E-state index in [1.807, 2.05) is 6.92 Å². The van der Waals surface area contributed by atoms with Crippen molar-refractivity contribution in [2.75, 3.05) is 11.9 Å². The van der Waals surface area contributed by atoms with Crippen LogP contribution in [0.2, 0.25) is 0 Å². The zero-order valence-electron chi connectivity index (χ0n) is 15.9. The van der Waals surface area contributed by atoms with Crippen molar-refractivity contribution >= 4 is 11.7 Å². The summed E-state index contributed by atoms with van der Waals surface area (Å²) in [6.45, 7) is 2.51. The predicted octanol–water partition coefficient (Wildman–Crippen LogP) is 2.22. The molecule has 0 radical (unpaired) electrons. The summed E-state index contributed by atoms with van der Waals surface area (Å²) in [4.78, 5) is 25.1. The van der Waals surface area contributed by atoms with E-state index in [1.165, 1.54) is 23.3 Å². The van der Waals surface area contributed by atoms with Crippen LogP contribution >= 0.6 is 0 Å². The van der Waals surface area contributed by atoms with E-state index in [0.29, 0.717) is 24.0 Å². The predicted molar refractivity (Wildman–Crippen MR) is 103 cm³/mol. The fraction of sp³-hybridized carbons (Fsp3) is 0.350. The number of benzene rings is 1. The molecule has 0 spiro atoms. The maximum absolute atomic E-state index is 14.7. The van der Waals surface area contributed by atoms with Gasteiger partial charge in [-0.3, -0.25) is 9.78 Å². The summed E-state index contributed by atoms with van der Waals surface area (Å²) < 4.78 is 14.7. The second-order valence-corrected chi connectivity index (χ2v) is 7.61. The highest BCUT2D eigenvalue weighted by Crippen LogP contribution is 2.40. The number of hydrogen-bond donors (Lipinski definition) is 1. The maximum Gasteiger partial charge on any atom is 0.259 e. The zero-order valence-corrected chi connectivity index (χ0v) is 15.9. The highest BCUT2D eigenvalue weighted by molar-refractivity contribution is 5.98. The second kappa shape index (κ2) is 6.91. The van der Waals surface area contributed by atoms with Crippen LogP contribution in [0, 0.1) is 18.7 Å². The number of carbonyl (C=O) groups excluding carboxylic acids is 1. The summed E-state index contributed by atoms with van der Waals surface area (Å²) >= 11 is 0. The summed E-state index contributed by atoms with van der Waals surface area (Å²) in [5.41, 5.74) is 1.20. The second-order valence-electron chi connectivity index (χ2n) is 7.61. The number of hydrogen-bond acceptors (Lipinski definition) is 6. The van der Waals surface area contributed by atoms with Gasteiger partial charge in [0.1, 0.15) is 22.9 Å². The number of aromatic nitrogens is 5. The van der Waals surface area contributed by atoms with E-state index in [4.69, 9.17) is 0 Å². The Bertz CT molecular complexity index is 1040. The minimum absolute atomic E-state index is 0.00475. The Balaban J connectivity index is 1.42. The van der Waals surface area contributed by atoms with Crippen LogP contribution in [-0.4, -0.2) is 54.4 Å². The minimum atomic E-state index is -0.568. The van der Waals surface area contributed by atoms with Crippen LogP contribution in [0.15, 0.2) is 43.0 Å². The van der Waals surface area contributed by atoms with Crippen LogP contribution in [-0.2, 0) is 0 Å². The molecule has 1 aliphatic heterocycles. The third kappa shape index (κ3) is 3.12. The quantitative estimate of drug-likeness (QED) is 0.731. The van der Waals surface area contributed by atoms with E-state index in [1.54, 1.807) is 29.4 Å². The first-order valence-corrected chi connectivity index (χ1v) is 9.61. The molecule has 2 fully saturated rings. The summed E-state index contributed by atoms with van der Waals surface area (Å²) in [7, 11) is 0. The van der Waals surface area contributed by atoms with Crippen LogP contribution in [0.25, 0.3) is 5.69 Å². The largest absolute Gasteiger partial charge is 0.364 e. The molecule has 29 heavy (non-hydrogen) atoms. The molecule has 1 amide bonds. The number of nitrogens with zero attached hydrogens (tertiary/aromatic N) is 6. The smallest absolute Gasteiger partial charge is 0.259 e. The fourth-order valence-corrected chi connectivity index (χ4v) is 4.45. The van der Waals surface area contributed by atoms with Gasteiger partial charge in [0.25, 0.3) is 5.91 Å². The van der Waals surface area contributed by atoms with Gasteiger partial charge in [-0.15, -0.1) is 0 Å². The molecule has 1 aromatic carbocycles. The van der Waals surface area contributed by atoms with Crippen LogP contribution < -0.4 is 5.32 Å². The van der Waals surface area contributed by atoms with Gasteiger partial charge in [0.15, 0.2) is 0 Å². The van der Waals surface area contributed by atoms with Crippen molar-refractivity contribution in [3.8, 4) is 5.69 Å². The standard InChI is InChI=1S/C20H20FN7O/c1-12-9-23-18(10-22-12)26-15-7-13-8-17(15)27(11-13)20(29)19-14(21)3-2-4-16(19)28-24-5-6-25-28/h2-6,9-10,13,15,17H,7-8,11H2,1H3,(H,23,26). The van der Waals surface area contributed by atoms with Gasteiger partial charge in [-0.2, -0.15) is 15.0 Å². The van der Waals surface area contributed by atoms with Gasteiger partial charge in [-0.25, -0.2) is 9.37 Å². The molecule has 3 aromatic rings. The lowest BCUT2D eigenvalue weighted by Crippen LogP contribution is -2.48. The molecule has 1 N–H and O–H groups in total. The molecule has 1 saturated carbocycles. The molecule has 1 saturated heterocycles. The first-order chi connectivity index (χ1) is 14.1. The Hall–Kier alpha value is -3.36. The zero-order chi connectivity index (χ0) is 20.0. The van der Waals surface area contributed by atoms with Gasteiger partial charge in [-0.1, -0.05) is 6.07 Å². The van der Waals surface area contributed by atoms with Gasteiger partial charge in [0, 0.05) is 12.6 Å². The van der Waals surface area contributed by atoms with Crippen LogP contribution in [0.3, 0.4) is 0 Å². The highest BCUT2D eigenvalue weighted by Gasteiger charge is 2.47. The van der Waals surface area contributed by atoms with E-state index in [-0.39, 0.29) is 23.6 Å². The maximum atomic E-state index is 14.7. The Labute approximate surface area is 166 Å². The van der Waals surface area contributed by atoms with E-state index in [2.05, 4.69) is 25.5 Å². The van der Waals surface area contributed by atoms with Crippen molar-refractivity contribution in [1.29, 1.82) is 0 Å². The van der Waals surface area contributed by atoms with Crippen molar-refractivity contribution in [2.24, 2.45) is 5.92 Å². The summed E-state index contributed by atoms with van der Waals surface area (Å²) in [5.74, 6) is 0.177. The Morgan fingerprint density at radius 1 is 1.17 bits per heavy atom. The van der Waals surface area contributed by atoms with Crippen molar-refractivity contribution < 1.29 is 9.18 Å². The fourth-order valence-electron chi connectivity index (χ4n) is 4.45. The number of piperidine rings is 1. The molecule has 1 aliphatic carbocycles. The average molecular weight is 393 g/mol. The van der Waals surface area contributed by atoms with Crippen LogP contribution in [0.4, 0.5) is 10.2 Å². The lowest BCUT2D eigenvalue weighted by atomic mass is 10.0. The number of carbonyl (C=O) groups is 1. The third-order valence-corrected chi connectivity index (χ3v) is 5.70.